The smallest absolute Gasteiger partial charge is 0.331 e. The summed E-state index contributed by atoms with van der Waals surface area (Å²) >= 11 is 0. The maximum absolute atomic E-state index is 11.9. The van der Waals surface area contributed by atoms with Gasteiger partial charge in [-0.3, -0.25) is 14.9 Å². The van der Waals surface area contributed by atoms with Crippen LogP contribution in [0.2, 0.25) is 0 Å². The van der Waals surface area contributed by atoms with Crippen LogP contribution in [0.5, 0.6) is 11.5 Å². The van der Waals surface area contributed by atoms with Crippen molar-refractivity contribution in [2.24, 2.45) is 0 Å². The Kier molecular flexibility index (Phi) is 7.90. The fourth-order valence-corrected chi connectivity index (χ4v) is 2.29. The summed E-state index contributed by atoms with van der Waals surface area (Å²) in [6.45, 7) is -0.744. The summed E-state index contributed by atoms with van der Waals surface area (Å²) in [5.41, 5.74) is 0.329. The van der Waals surface area contributed by atoms with E-state index in [9.17, 15) is 19.7 Å². The standard InChI is InChI=1S/C20H17N3O7/c1-28-18-12-14(6-8-17(18)29-11-10-21)7-9-20(25)30-13-19(24)22-15-4-2-3-5-16(15)23(26)27/h2-9,12H,11,13H2,1H3,(H,22,24)/b9-7+. The van der Waals surface area contributed by atoms with Crippen molar-refractivity contribution >= 4 is 29.3 Å². The van der Waals surface area contributed by atoms with Crippen LogP contribution in [-0.2, 0) is 14.3 Å². The molecule has 10 nitrogen and oxygen atoms in total. The number of nitrogens with one attached hydrogen (secondary N) is 1. The van der Waals surface area contributed by atoms with E-state index in [-0.39, 0.29) is 18.0 Å². The summed E-state index contributed by atoms with van der Waals surface area (Å²) in [6.07, 6.45) is 2.56. The first-order valence-corrected chi connectivity index (χ1v) is 8.50. The van der Waals surface area contributed by atoms with Gasteiger partial charge in [-0.2, -0.15) is 5.26 Å². The largest absolute Gasteiger partial charge is 0.493 e. The van der Waals surface area contributed by atoms with Crippen LogP contribution in [0.3, 0.4) is 0 Å². The molecule has 0 unspecified atom stereocenters. The van der Waals surface area contributed by atoms with E-state index in [0.717, 1.165) is 6.08 Å². The Hall–Kier alpha value is -4.39. The van der Waals surface area contributed by atoms with Gasteiger partial charge in [0.25, 0.3) is 11.6 Å². The lowest BCUT2D eigenvalue weighted by Crippen LogP contribution is -2.20. The lowest BCUT2D eigenvalue weighted by Gasteiger charge is -2.08. The third-order valence-electron chi connectivity index (χ3n) is 3.61. The molecule has 10 heteroatoms. The van der Waals surface area contributed by atoms with Crippen LogP contribution in [0.15, 0.2) is 48.5 Å². The second-order valence-electron chi connectivity index (χ2n) is 5.62. The van der Waals surface area contributed by atoms with Gasteiger partial charge in [0.2, 0.25) is 0 Å². The van der Waals surface area contributed by atoms with Gasteiger partial charge >= 0.3 is 5.97 Å². The molecule has 0 saturated heterocycles. The molecule has 0 fully saturated rings. The number of benzene rings is 2. The van der Waals surface area contributed by atoms with E-state index < -0.39 is 23.4 Å². The molecule has 0 aliphatic heterocycles. The second-order valence-corrected chi connectivity index (χ2v) is 5.62. The molecule has 0 atom stereocenters. The van der Waals surface area contributed by atoms with Gasteiger partial charge in [-0.15, -0.1) is 0 Å². The Labute approximate surface area is 171 Å². The molecule has 0 bridgehead atoms. The number of nitrogens with zero attached hydrogens (tertiary/aromatic N) is 2. The Bertz CT molecular complexity index is 1010. The number of para-hydroxylation sites is 2. The van der Waals surface area contributed by atoms with E-state index in [1.54, 1.807) is 18.2 Å². The number of rotatable bonds is 9. The van der Waals surface area contributed by atoms with E-state index in [0.29, 0.717) is 17.1 Å². The monoisotopic (exact) mass is 411 g/mol. The van der Waals surface area contributed by atoms with Gasteiger partial charge in [-0.05, 0) is 29.8 Å². The predicted molar refractivity (Wildman–Crippen MR) is 106 cm³/mol. The Morgan fingerprint density at radius 2 is 2.00 bits per heavy atom. The van der Waals surface area contributed by atoms with Crippen LogP contribution in [0, 0.1) is 21.4 Å². The third kappa shape index (κ3) is 6.35. The number of hydrogen-bond acceptors (Lipinski definition) is 8. The summed E-state index contributed by atoms with van der Waals surface area (Å²) in [5, 5.41) is 21.8. The topological polar surface area (TPSA) is 141 Å². The van der Waals surface area contributed by atoms with Crippen LogP contribution in [0.4, 0.5) is 11.4 Å². The van der Waals surface area contributed by atoms with Crippen molar-refractivity contribution in [2.45, 2.75) is 0 Å². The van der Waals surface area contributed by atoms with E-state index in [4.69, 9.17) is 19.5 Å². The zero-order valence-corrected chi connectivity index (χ0v) is 15.9. The van der Waals surface area contributed by atoms with E-state index in [2.05, 4.69) is 5.32 Å². The fourth-order valence-electron chi connectivity index (χ4n) is 2.29. The Morgan fingerprint density at radius 1 is 1.23 bits per heavy atom. The highest BCUT2D eigenvalue weighted by atomic mass is 16.6. The minimum atomic E-state index is -0.781. The van der Waals surface area contributed by atoms with Crippen molar-refractivity contribution in [3.8, 4) is 17.6 Å². The minimum absolute atomic E-state index is 0.00453. The molecule has 0 heterocycles. The van der Waals surface area contributed by atoms with Gasteiger partial charge in [0.15, 0.2) is 24.7 Å². The van der Waals surface area contributed by atoms with Crippen LogP contribution in [-0.4, -0.2) is 37.1 Å². The van der Waals surface area contributed by atoms with Gasteiger partial charge < -0.3 is 19.5 Å². The van der Waals surface area contributed by atoms with Crippen LogP contribution < -0.4 is 14.8 Å². The molecule has 0 aromatic heterocycles. The van der Waals surface area contributed by atoms with Crippen LogP contribution >= 0.6 is 0 Å². The number of esters is 1. The molecule has 0 spiro atoms. The summed E-state index contributed by atoms with van der Waals surface area (Å²) in [5.74, 6) is -0.738. The van der Waals surface area contributed by atoms with Gasteiger partial charge in [-0.1, -0.05) is 18.2 Å². The Morgan fingerprint density at radius 3 is 2.70 bits per heavy atom. The molecular weight excluding hydrogens is 394 g/mol. The predicted octanol–water partition coefficient (Wildman–Crippen LogP) is 2.70. The highest BCUT2D eigenvalue weighted by molar-refractivity contribution is 5.96. The number of amides is 1. The molecule has 30 heavy (non-hydrogen) atoms. The summed E-state index contributed by atoms with van der Waals surface area (Å²) < 4.78 is 15.2. The highest BCUT2D eigenvalue weighted by Crippen LogP contribution is 2.28. The number of nitriles is 1. The number of nitro benzene ring substituents is 1. The van der Waals surface area contributed by atoms with Crippen molar-refractivity contribution in [3.63, 3.8) is 0 Å². The molecule has 0 saturated carbocycles. The Balaban J connectivity index is 1.91. The molecule has 2 rings (SSSR count). The molecule has 1 N–H and O–H groups in total. The SMILES string of the molecule is COc1cc(/C=C/C(=O)OCC(=O)Nc2ccccc2[N+](=O)[O-])ccc1OCC#N. The van der Waals surface area contributed by atoms with E-state index >= 15 is 0 Å². The van der Waals surface area contributed by atoms with Crippen LogP contribution in [0.25, 0.3) is 6.08 Å². The van der Waals surface area contributed by atoms with Crippen molar-refractivity contribution in [3.05, 3.63) is 64.2 Å². The first-order chi connectivity index (χ1) is 14.4. The lowest BCUT2D eigenvalue weighted by atomic mass is 10.2. The normalized spacial score (nSPS) is 10.1. The molecule has 0 aliphatic rings. The number of anilines is 1. The van der Waals surface area contributed by atoms with Crippen molar-refractivity contribution in [2.75, 3.05) is 25.6 Å². The first-order valence-electron chi connectivity index (χ1n) is 8.50. The van der Waals surface area contributed by atoms with Crippen molar-refractivity contribution < 1.29 is 28.7 Å². The summed E-state index contributed by atoms with van der Waals surface area (Å²) in [7, 11) is 1.44. The van der Waals surface area contributed by atoms with Crippen LogP contribution in [0.1, 0.15) is 5.56 Å². The molecule has 0 radical (unpaired) electrons. The summed E-state index contributed by atoms with van der Waals surface area (Å²) in [4.78, 5) is 34.0. The van der Waals surface area contributed by atoms with Gasteiger partial charge in [0.05, 0.1) is 12.0 Å². The van der Waals surface area contributed by atoms with Gasteiger partial charge in [0, 0.05) is 12.1 Å². The molecule has 2 aromatic carbocycles. The number of carbonyl (C=O) groups excluding carboxylic acids is 2. The summed E-state index contributed by atoms with van der Waals surface area (Å²) in [6, 6.07) is 12.3. The lowest BCUT2D eigenvalue weighted by molar-refractivity contribution is -0.383. The number of nitro groups is 1. The first kappa shape index (κ1) is 21.9. The average molecular weight is 411 g/mol. The molecule has 0 aliphatic carbocycles. The number of ether oxygens (including phenoxy) is 3. The zero-order valence-electron chi connectivity index (χ0n) is 15.9. The molecular formula is C20H17N3O7. The number of carbonyl (C=O) groups is 2. The van der Waals surface area contributed by atoms with E-state index in [1.807, 2.05) is 6.07 Å². The second kappa shape index (κ2) is 10.8. The quantitative estimate of drug-likeness (QED) is 0.287. The number of hydrogen-bond donors (Lipinski definition) is 1. The third-order valence-corrected chi connectivity index (χ3v) is 3.61. The highest BCUT2D eigenvalue weighted by Gasteiger charge is 2.15. The van der Waals surface area contributed by atoms with Crippen molar-refractivity contribution in [1.82, 2.24) is 0 Å². The molecule has 1 amide bonds. The molecule has 154 valence electrons. The zero-order chi connectivity index (χ0) is 21.9. The molecule has 2 aromatic rings. The maximum Gasteiger partial charge on any atom is 0.331 e. The minimum Gasteiger partial charge on any atom is -0.493 e. The average Bonchev–Trinajstić information content (AvgIpc) is 2.75. The van der Waals surface area contributed by atoms with Gasteiger partial charge in [-0.25, -0.2) is 4.79 Å². The fraction of sp³-hybridized carbons (Fsp3) is 0.150. The maximum atomic E-state index is 11.9. The van der Waals surface area contributed by atoms with Crippen molar-refractivity contribution in [1.29, 1.82) is 5.26 Å². The van der Waals surface area contributed by atoms with E-state index in [1.165, 1.54) is 37.5 Å². The number of methoxy groups -OCH3 is 1. The van der Waals surface area contributed by atoms with Gasteiger partial charge in [0.1, 0.15) is 11.8 Å².